The van der Waals surface area contributed by atoms with Crippen molar-refractivity contribution in [2.75, 3.05) is 0 Å². The molecule has 0 heteroatoms. The van der Waals surface area contributed by atoms with E-state index in [1.54, 1.807) is 0 Å². The van der Waals surface area contributed by atoms with Crippen LogP contribution in [-0.4, -0.2) is 0 Å². The van der Waals surface area contributed by atoms with Gasteiger partial charge in [-0.3, -0.25) is 0 Å². The molecule has 0 aliphatic heterocycles. The smallest absolute Gasteiger partial charge is 0.00893 e. The van der Waals surface area contributed by atoms with Gasteiger partial charge >= 0.3 is 0 Å². The minimum absolute atomic E-state index is 0.467. The highest BCUT2D eigenvalue weighted by molar-refractivity contribution is 5.79. The molecule has 0 aliphatic carbocycles. The highest BCUT2D eigenvalue weighted by Crippen LogP contribution is 2.30. The first kappa shape index (κ1) is 20.9. The number of benzene rings is 4. The Morgan fingerprint density at radius 2 is 0.935 bits per heavy atom. The molecule has 4 aromatic carbocycles. The number of unbranched alkanes of at least 4 members (excludes halogenated alkanes) is 2. The van der Waals surface area contributed by atoms with E-state index in [-0.39, 0.29) is 0 Å². The van der Waals surface area contributed by atoms with Gasteiger partial charge in [0.15, 0.2) is 0 Å². The molecule has 0 bridgehead atoms. The van der Waals surface area contributed by atoms with E-state index < -0.39 is 0 Å². The lowest BCUT2D eigenvalue weighted by Crippen LogP contribution is -2.01. The third kappa shape index (κ3) is 5.83. The Balaban J connectivity index is 1.44. The third-order valence-electron chi connectivity index (χ3n) is 5.87. The minimum atomic E-state index is 0.467. The number of rotatable bonds is 9. The van der Waals surface area contributed by atoms with E-state index in [9.17, 15) is 0 Å². The minimum Gasteiger partial charge on any atom is -0.0761 e. The van der Waals surface area contributed by atoms with E-state index in [2.05, 4.69) is 127 Å². The van der Waals surface area contributed by atoms with E-state index >= 15 is 0 Å². The summed E-state index contributed by atoms with van der Waals surface area (Å²) < 4.78 is 0. The van der Waals surface area contributed by atoms with Crippen molar-refractivity contribution in [1.82, 2.24) is 0 Å². The summed E-state index contributed by atoms with van der Waals surface area (Å²) in [4.78, 5) is 0. The maximum absolute atomic E-state index is 2.42. The van der Waals surface area contributed by atoms with Crippen molar-refractivity contribution in [2.45, 2.75) is 31.6 Å². The van der Waals surface area contributed by atoms with Gasteiger partial charge in [0.1, 0.15) is 0 Å². The molecule has 4 aromatic rings. The first-order valence-corrected chi connectivity index (χ1v) is 11.3. The summed E-state index contributed by atoms with van der Waals surface area (Å²) in [6.45, 7) is 0. The van der Waals surface area contributed by atoms with Gasteiger partial charge < -0.3 is 0 Å². The van der Waals surface area contributed by atoms with Crippen LogP contribution in [0.15, 0.2) is 127 Å². The Bertz CT molecular complexity index is 967. The molecule has 0 fully saturated rings. The van der Waals surface area contributed by atoms with Gasteiger partial charge in [0, 0.05) is 5.92 Å². The summed E-state index contributed by atoms with van der Waals surface area (Å²) in [6.07, 6.45) is 7.09. The third-order valence-corrected chi connectivity index (χ3v) is 5.87. The van der Waals surface area contributed by atoms with Crippen molar-refractivity contribution in [3.8, 4) is 0 Å². The van der Waals surface area contributed by atoms with Crippen LogP contribution in [0.1, 0.15) is 53.9 Å². The predicted octanol–water partition coefficient (Wildman–Crippen LogP) is 8.51. The summed E-state index contributed by atoms with van der Waals surface area (Å²) in [5.41, 5.74) is 6.75. The average molecular weight is 403 g/mol. The zero-order chi connectivity index (χ0) is 21.1. The van der Waals surface area contributed by atoms with Gasteiger partial charge in [-0.05, 0) is 47.1 Å². The van der Waals surface area contributed by atoms with Gasteiger partial charge in [0.25, 0.3) is 0 Å². The van der Waals surface area contributed by atoms with Crippen LogP contribution in [0, 0.1) is 0 Å². The topological polar surface area (TPSA) is 0 Å². The molecule has 0 atom stereocenters. The Morgan fingerprint density at radius 1 is 0.516 bits per heavy atom. The van der Waals surface area contributed by atoms with E-state index in [0.29, 0.717) is 5.92 Å². The Morgan fingerprint density at radius 3 is 1.39 bits per heavy atom. The molecule has 154 valence electrons. The van der Waals surface area contributed by atoms with Crippen LogP contribution in [0.25, 0.3) is 5.57 Å². The van der Waals surface area contributed by atoms with Crippen LogP contribution in [0.2, 0.25) is 0 Å². The van der Waals surface area contributed by atoms with E-state index in [1.165, 1.54) is 47.1 Å². The average Bonchev–Trinajstić information content (AvgIpc) is 2.86. The largest absolute Gasteiger partial charge is 0.0761 e. The Hall–Kier alpha value is -3.38. The molecular weight excluding hydrogens is 372 g/mol. The molecule has 0 radical (unpaired) electrons. The molecule has 0 saturated carbocycles. The fourth-order valence-corrected chi connectivity index (χ4v) is 4.27. The standard InChI is InChI=1S/C31H30/c1-6-16-26(17-7-1)30(27-18-8-2-9-19-27)24-14-5-15-25-31(28-20-10-3-11-21-28)29-22-12-4-13-23-29/h1-4,6-13,16-24,31H,5,14-15,25H2. The van der Waals surface area contributed by atoms with Gasteiger partial charge in [0.05, 0.1) is 0 Å². The van der Waals surface area contributed by atoms with Crippen LogP contribution in [0.4, 0.5) is 0 Å². The molecule has 31 heavy (non-hydrogen) atoms. The van der Waals surface area contributed by atoms with Gasteiger partial charge in [0.2, 0.25) is 0 Å². The molecule has 0 nitrogen and oxygen atoms in total. The monoisotopic (exact) mass is 402 g/mol. The first-order chi connectivity index (χ1) is 15.4. The summed E-state index contributed by atoms with van der Waals surface area (Å²) in [6, 6.07) is 43.4. The maximum atomic E-state index is 2.42. The van der Waals surface area contributed by atoms with Crippen LogP contribution < -0.4 is 0 Å². The summed E-state index contributed by atoms with van der Waals surface area (Å²) in [5.74, 6) is 0.467. The molecule has 0 spiro atoms. The normalized spacial score (nSPS) is 10.7. The summed E-state index contributed by atoms with van der Waals surface area (Å²) >= 11 is 0. The van der Waals surface area contributed by atoms with E-state index in [0.717, 1.165) is 6.42 Å². The van der Waals surface area contributed by atoms with Crippen molar-refractivity contribution in [3.05, 3.63) is 150 Å². The molecule has 0 heterocycles. The van der Waals surface area contributed by atoms with Crippen molar-refractivity contribution in [3.63, 3.8) is 0 Å². The maximum Gasteiger partial charge on any atom is 0.00893 e. The second-order valence-corrected chi connectivity index (χ2v) is 8.01. The fourth-order valence-electron chi connectivity index (χ4n) is 4.27. The molecule has 0 saturated heterocycles. The van der Waals surface area contributed by atoms with Crippen molar-refractivity contribution < 1.29 is 0 Å². The molecule has 0 amide bonds. The lowest BCUT2D eigenvalue weighted by atomic mass is 9.87. The number of hydrogen-bond acceptors (Lipinski definition) is 0. The molecule has 0 unspecified atom stereocenters. The quantitative estimate of drug-likeness (QED) is 0.246. The van der Waals surface area contributed by atoms with Crippen molar-refractivity contribution in [1.29, 1.82) is 0 Å². The second kappa shape index (κ2) is 11.1. The predicted molar refractivity (Wildman–Crippen MR) is 133 cm³/mol. The number of allylic oxidation sites excluding steroid dienone is 1. The van der Waals surface area contributed by atoms with Crippen molar-refractivity contribution >= 4 is 5.57 Å². The Labute approximate surface area is 186 Å². The fraction of sp³-hybridized carbons (Fsp3) is 0.161. The summed E-state index contributed by atoms with van der Waals surface area (Å²) in [5, 5.41) is 0. The van der Waals surface area contributed by atoms with E-state index in [4.69, 9.17) is 0 Å². The SMILES string of the molecule is C(CCCCC(c1ccccc1)c1ccccc1)=C(c1ccccc1)c1ccccc1. The van der Waals surface area contributed by atoms with Gasteiger partial charge in [-0.15, -0.1) is 0 Å². The van der Waals surface area contributed by atoms with Gasteiger partial charge in [-0.1, -0.05) is 134 Å². The van der Waals surface area contributed by atoms with E-state index in [1.807, 2.05) is 0 Å². The molecule has 4 rings (SSSR count). The highest BCUT2D eigenvalue weighted by Gasteiger charge is 2.13. The lowest BCUT2D eigenvalue weighted by molar-refractivity contribution is 0.631. The zero-order valence-corrected chi connectivity index (χ0v) is 18.0. The summed E-state index contributed by atoms with van der Waals surface area (Å²) in [7, 11) is 0. The highest BCUT2D eigenvalue weighted by atomic mass is 14.2. The molecular formula is C31H30. The van der Waals surface area contributed by atoms with Gasteiger partial charge in [-0.2, -0.15) is 0 Å². The molecule has 0 aromatic heterocycles. The second-order valence-electron chi connectivity index (χ2n) is 8.01. The lowest BCUT2D eigenvalue weighted by Gasteiger charge is -2.18. The molecule has 0 aliphatic rings. The first-order valence-electron chi connectivity index (χ1n) is 11.3. The van der Waals surface area contributed by atoms with Crippen LogP contribution >= 0.6 is 0 Å². The van der Waals surface area contributed by atoms with Crippen LogP contribution in [0.5, 0.6) is 0 Å². The Kier molecular flexibility index (Phi) is 7.50. The van der Waals surface area contributed by atoms with Crippen molar-refractivity contribution in [2.24, 2.45) is 0 Å². The van der Waals surface area contributed by atoms with Gasteiger partial charge in [-0.25, -0.2) is 0 Å². The molecule has 0 N–H and O–H groups in total. The number of hydrogen-bond donors (Lipinski definition) is 0. The van der Waals surface area contributed by atoms with Crippen LogP contribution in [-0.2, 0) is 0 Å². The zero-order valence-electron chi connectivity index (χ0n) is 18.0. The van der Waals surface area contributed by atoms with Crippen LogP contribution in [0.3, 0.4) is 0 Å².